The number of hydrogen-bond donors (Lipinski definition) is 2. The van der Waals surface area contributed by atoms with E-state index in [4.69, 9.17) is 13.6 Å². The van der Waals surface area contributed by atoms with Gasteiger partial charge in [-0.25, -0.2) is 0 Å². The van der Waals surface area contributed by atoms with Gasteiger partial charge < -0.3 is 4.48 Å². The molecule has 1 atom stereocenters. The molecule has 0 aromatic heterocycles. The first-order valence-corrected chi connectivity index (χ1v) is 9.75. The van der Waals surface area contributed by atoms with Gasteiger partial charge in [0.15, 0.2) is 0 Å². The van der Waals surface area contributed by atoms with E-state index in [-0.39, 0.29) is 10.8 Å². The molecule has 0 saturated carbocycles. The standard InChI is InChI=1S/C15H35NO4PS/c1-14(2,11-15(3,4)13-22)12-20-21(17,18-8)19-10-9-16(5,6)7/h17H,9-13H2,1-8H3/q+1/p+1. The van der Waals surface area contributed by atoms with Crippen LogP contribution in [-0.2, 0) is 13.6 Å². The molecule has 1 unspecified atom stereocenters. The fourth-order valence-corrected chi connectivity index (χ4v) is 3.45. The van der Waals surface area contributed by atoms with Gasteiger partial charge in [0.1, 0.15) is 19.8 Å². The highest BCUT2D eigenvalue weighted by Crippen LogP contribution is 2.58. The first-order chi connectivity index (χ1) is 9.74. The summed E-state index contributed by atoms with van der Waals surface area (Å²) in [5.74, 6) is 0.806. The Kier molecular flexibility index (Phi) is 8.84. The number of rotatable bonds is 11. The van der Waals surface area contributed by atoms with Crippen LogP contribution in [0.1, 0.15) is 34.1 Å². The normalized spacial score (nSPS) is 16.6. The van der Waals surface area contributed by atoms with E-state index >= 15 is 0 Å². The van der Waals surface area contributed by atoms with Crippen LogP contribution in [0, 0.1) is 10.8 Å². The first-order valence-electron chi connectivity index (χ1n) is 7.62. The van der Waals surface area contributed by atoms with Crippen LogP contribution in [0.5, 0.6) is 0 Å². The van der Waals surface area contributed by atoms with Crippen LogP contribution in [0.4, 0.5) is 0 Å². The molecule has 0 bridgehead atoms. The lowest BCUT2D eigenvalue weighted by atomic mass is 9.77. The van der Waals surface area contributed by atoms with E-state index in [0.717, 1.165) is 23.2 Å². The van der Waals surface area contributed by atoms with Gasteiger partial charge in [0.2, 0.25) is 0 Å². The number of hydrogen-bond acceptors (Lipinski definition) is 5. The Hall–Kier alpha value is 0.580. The van der Waals surface area contributed by atoms with E-state index in [1.807, 2.05) is 0 Å². The Morgan fingerprint density at radius 2 is 1.59 bits per heavy atom. The predicted octanol–water partition coefficient (Wildman–Crippen LogP) is 3.41. The lowest BCUT2D eigenvalue weighted by Crippen LogP contribution is -2.37. The summed E-state index contributed by atoms with van der Waals surface area (Å²) in [6.07, 6.45) is 0.937. The maximum Gasteiger partial charge on any atom is 0.572 e. The Bertz CT molecular complexity index is 334. The van der Waals surface area contributed by atoms with Gasteiger partial charge >= 0.3 is 8.17 Å². The maximum atomic E-state index is 10.4. The summed E-state index contributed by atoms with van der Waals surface area (Å²) >= 11 is 4.40. The molecule has 0 fully saturated rings. The van der Waals surface area contributed by atoms with Crippen molar-refractivity contribution in [2.75, 3.05) is 53.8 Å². The molecule has 0 rings (SSSR count). The molecule has 0 aliphatic carbocycles. The second-order valence-corrected chi connectivity index (χ2v) is 10.6. The van der Waals surface area contributed by atoms with Crippen LogP contribution in [0.15, 0.2) is 0 Å². The van der Waals surface area contributed by atoms with Crippen molar-refractivity contribution in [2.24, 2.45) is 10.8 Å². The van der Waals surface area contributed by atoms with Crippen molar-refractivity contribution < 1.29 is 22.9 Å². The van der Waals surface area contributed by atoms with Gasteiger partial charge in [0.05, 0.1) is 28.3 Å². The highest BCUT2D eigenvalue weighted by Gasteiger charge is 2.45. The van der Waals surface area contributed by atoms with Gasteiger partial charge in [0.25, 0.3) is 0 Å². The molecule has 7 heteroatoms. The molecule has 22 heavy (non-hydrogen) atoms. The summed E-state index contributed by atoms with van der Waals surface area (Å²) in [5, 5.41) is 0. The summed E-state index contributed by atoms with van der Waals surface area (Å²) in [5.41, 5.74) is 0.0202. The third-order valence-electron chi connectivity index (χ3n) is 3.25. The maximum absolute atomic E-state index is 10.4. The van der Waals surface area contributed by atoms with Crippen LogP contribution >= 0.6 is 20.8 Å². The molecule has 0 aromatic rings. The molecule has 5 nitrogen and oxygen atoms in total. The number of likely N-dealkylation sites (N-methyl/N-ethyl adjacent to an activating group) is 1. The summed E-state index contributed by atoms with van der Waals surface area (Å²) in [4.78, 5) is 10.4. The number of nitrogens with zero attached hydrogens (tertiary/aromatic N) is 1. The SMILES string of the molecule is CO[P+](O)(OCC[N+](C)(C)C)OCC(C)(C)CC(C)(C)CS. The van der Waals surface area contributed by atoms with Crippen LogP contribution in [-0.4, -0.2) is 63.1 Å². The minimum atomic E-state index is -3.24. The van der Waals surface area contributed by atoms with Gasteiger partial charge in [-0.1, -0.05) is 27.7 Å². The van der Waals surface area contributed by atoms with E-state index in [1.165, 1.54) is 7.11 Å². The van der Waals surface area contributed by atoms with E-state index in [9.17, 15) is 4.89 Å². The Labute approximate surface area is 143 Å². The minimum Gasteiger partial charge on any atom is -0.329 e. The van der Waals surface area contributed by atoms with Crippen molar-refractivity contribution in [3.05, 3.63) is 0 Å². The van der Waals surface area contributed by atoms with Gasteiger partial charge in [-0.2, -0.15) is 26.6 Å². The topological polar surface area (TPSA) is 47.9 Å². The zero-order valence-corrected chi connectivity index (χ0v) is 17.3. The van der Waals surface area contributed by atoms with Crippen molar-refractivity contribution in [1.82, 2.24) is 0 Å². The molecular formula is C15H36NO4PS+2. The predicted molar refractivity (Wildman–Crippen MR) is 97.0 cm³/mol. The van der Waals surface area contributed by atoms with Crippen molar-refractivity contribution >= 4 is 20.8 Å². The molecule has 0 heterocycles. The average Bonchev–Trinajstić information content (AvgIpc) is 2.34. The van der Waals surface area contributed by atoms with E-state index in [1.54, 1.807) is 0 Å². The Balaban J connectivity index is 4.47. The third kappa shape index (κ3) is 10.4. The monoisotopic (exact) mass is 357 g/mol. The minimum absolute atomic E-state index is 0.0950. The van der Waals surface area contributed by atoms with Crippen LogP contribution < -0.4 is 0 Å². The molecular weight excluding hydrogens is 321 g/mol. The second kappa shape index (κ2) is 8.61. The highest BCUT2D eigenvalue weighted by atomic mass is 32.1. The van der Waals surface area contributed by atoms with Gasteiger partial charge in [-0.15, -0.1) is 4.52 Å². The van der Waals surface area contributed by atoms with Crippen molar-refractivity contribution in [3.63, 3.8) is 0 Å². The fraction of sp³-hybridized carbons (Fsp3) is 1.00. The zero-order valence-electron chi connectivity index (χ0n) is 15.5. The molecule has 134 valence electrons. The van der Waals surface area contributed by atoms with Gasteiger partial charge in [0, 0.05) is 0 Å². The molecule has 0 spiro atoms. The zero-order chi connectivity index (χ0) is 17.7. The molecule has 0 radical (unpaired) electrons. The molecule has 0 saturated heterocycles. The molecule has 1 N–H and O–H groups in total. The van der Waals surface area contributed by atoms with E-state index < -0.39 is 8.17 Å². The first kappa shape index (κ1) is 22.6. The highest BCUT2D eigenvalue weighted by molar-refractivity contribution is 7.80. The number of quaternary nitrogens is 1. The van der Waals surface area contributed by atoms with Crippen LogP contribution in [0.3, 0.4) is 0 Å². The Morgan fingerprint density at radius 1 is 1.05 bits per heavy atom. The summed E-state index contributed by atoms with van der Waals surface area (Å²) in [7, 11) is 4.39. The van der Waals surface area contributed by atoms with Crippen molar-refractivity contribution in [2.45, 2.75) is 34.1 Å². The van der Waals surface area contributed by atoms with E-state index in [0.29, 0.717) is 13.2 Å². The third-order valence-corrected chi connectivity index (χ3v) is 5.53. The molecule has 0 amide bonds. The summed E-state index contributed by atoms with van der Waals surface area (Å²) in [6, 6.07) is 0. The second-order valence-electron chi connectivity index (χ2n) is 8.44. The summed E-state index contributed by atoms with van der Waals surface area (Å²) < 4.78 is 17.0. The van der Waals surface area contributed by atoms with E-state index in [2.05, 4.69) is 61.5 Å². The largest absolute Gasteiger partial charge is 0.572 e. The quantitative estimate of drug-likeness (QED) is 0.338. The Morgan fingerprint density at radius 3 is 2.00 bits per heavy atom. The van der Waals surface area contributed by atoms with Gasteiger partial charge in [-0.05, 0) is 23.0 Å². The molecule has 0 aliphatic heterocycles. The van der Waals surface area contributed by atoms with Crippen LogP contribution in [0.2, 0.25) is 0 Å². The molecule has 0 aliphatic rings. The smallest absolute Gasteiger partial charge is 0.329 e. The molecule has 0 aromatic carbocycles. The number of thiol groups is 1. The lowest BCUT2D eigenvalue weighted by molar-refractivity contribution is -0.870. The van der Waals surface area contributed by atoms with Gasteiger partial charge in [-0.3, -0.25) is 0 Å². The fourth-order valence-electron chi connectivity index (χ4n) is 2.23. The lowest BCUT2D eigenvalue weighted by Gasteiger charge is -2.33. The van der Waals surface area contributed by atoms with Crippen molar-refractivity contribution in [3.8, 4) is 0 Å². The summed E-state index contributed by atoms with van der Waals surface area (Å²) in [6.45, 7) is 10.1. The van der Waals surface area contributed by atoms with Crippen molar-refractivity contribution in [1.29, 1.82) is 0 Å². The average molecular weight is 357 g/mol. The van der Waals surface area contributed by atoms with Crippen LogP contribution in [0.25, 0.3) is 0 Å².